The van der Waals surface area contributed by atoms with E-state index in [1.807, 2.05) is 0 Å². The number of anilines is 2. The Morgan fingerprint density at radius 2 is 1.75 bits per heavy atom. The lowest BCUT2D eigenvalue weighted by atomic mass is 10.2. The Labute approximate surface area is 111 Å². The van der Waals surface area contributed by atoms with Crippen molar-refractivity contribution in [1.29, 1.82) is 0 Å². The third-order valence-electron chi connectivity index (χ3n) is 2.70. The normalized spacial score (nSPS) is 10.8. The van der Waals surface area contributed by atoms with Gasteiger partial charge in [-0.2, -0.15) is 0 Å². The first-order valence-corrected chi connectivity index (χ1v) is 5.63. The van der Waals surface area contributed by atoms with Gasteiger partial charge in [0.05, 0.1) is 11.1 Å². The van der Waals surface area contributed by atoms with Crippen molar-refractivity contribution in [1.82, 2.24) is 15.0 Å². The van der Waals surface area contributed by atoms with Crippen LogP contribution in [-0.4, -0.2) is 15.0 Å². The maximum absolute atomic E-state index is 13.6. The highest BCUT2D eigenvalue weighted by Crippen LogP contribution is 2.25. The van der Waals surface area contributed by atoms with Crippen LogP contribution in [0.3, 0.4) is 0 Å². The van der Waals surface area contributed by atoms with Crippen LogP contribution in [0, 0.1) is 17.5 Å². The summed E-state index contributed by atoms with van der Waals surface area (Å²) in [6, 6.07) is 5.28. The molecule has 0 radical (unpaired) electrons. The molecule has 0 aliphatic heterocycles. The Kier molecular flexibility index (Phi) is 2.94. The van der Waals surface area contributed by atoms with Crippen molar-refractivity contribution in [2.24, 2.45) is 0 Å². The van der Waals surface area contributed by atoms with Crippen molar-refractivity contribution in [3.63, 3.8) is 0 Å². The SMILES string of the molecule is Fc1ccc(Nc2ncnc3ncccc23)c(F)c1F. The van der Waals surface area contributed by atoms with E-state index in [2.05, 4.69) is 20.3 Å². The number of pyridine rings is 1. The second-order valence-electron chi connectivity index (χ2n) is 3.94. The summed E-state index contributed by atoms with van der Waals surface area (Å²) in [6.07, 6.45) is 2.80. The van der Waals surface area contributed by atoms with Crippen LogP contribution in [-0.2, 0) is 0 Å². The van der Waals surface area contributed by atoms with Gasteiger partial charge in [-0.1, -0.05) is 0 Å². The smallest absolute Gasteiger partial charge is 0.196 e. The number of rotatable bonds is 2. The molecule has 1 N–H and O–H groups in total. The Morgan fingerprint density at radius 3 is 2.60 bits per heavy atom. The average molecular weight is 276 g/mol. The maximum Gasteiger partial charge on any atom is 0.196 e. The first-order valence-electron chi connectivity index (χ1n) is 5.63. The van der Waals surface area contributed by atoms with Crippen molar-refractivity contribution >= 4 is 22.5 Å². The average Bonchev–Trinajstić information content (AvgIpc) is 2.48. The standard InChI is InChI=1S/C13H7F3N4/c14-8-3-4-9(11(16)10(8)15)20-13-7-2-1-5-17-12(7)18-6-19-13/h1-6H,(H,17,18,19,20). The van der Waals surface area contributed by atoms with Gasteiger partial charge in [0.15, 0.2) is 23.1 Å². The number of aromatic nitrogens is 3. The molecule has 3 rings (SSSR count). The van der Waals surface area contributed by atoms with Crippen LogP contribution in [0.4, 0.5) is 24.7 Å². The molecule has 20 heavy (non-hydrogen) atoms. The lowest BCUT2D eigenvalue weighted by Gasteiger charge is -2.09. The lowest BCUT2D eigenvalue weighted by molar-refractivity contribution is 0.449. The quantitative estimate of drug-likeness (QED) is 0.730. The molecular formula is C13H7F3N4. The molecule has 0 saturated heterocycles. The van der Waals surface area contributed by atoms with Crippen LogP contribution in [0.25, 0.3) is 11.0 Å². The fourth-order valence-electron chi connectivity index (χ4n) is 1.75. The van der Waals surface area contributed by atoms with Crippen molar-refractivity contribution in [3.05, 3.63) is 54.2 Å². The van der Waals surface area contributed by atoms with Gasteiger partial charge in [0, 0.05) is 6.20 Å². The number of hydrogen-bond donors (Lipinski definition) is 1. The Morgan fingerprint density at radius 1 is 0.900 bits per heavy atom. The Hall–Kier alpha value is -2.70. The predicted molar refractivity (Wildman–Crippen MR) is 66.9 cm³/mol. The number of nitrogens with zero attached hydrogens (tertiary/aromatic N) is 3. The molecule has 0 bridgehead atoms. The molecule has 0 unspecified atom stereocenters. The van der Waals surface area contributed by atoms with Gasteiger partial charge in [0.2, 0.25) is 0 Å². The molecule has 2 heterocycles. The highest BCUT2D eigenvalue weighted by atomic mass is 19.2. The molecule has 7 heteroatoms. The first-order chi connectivity index (χ1) is 9.66. The van der Waals surface area contributed by atoms with Crippen molar-refractivity contribution in [3.8, 4) is 0 Å². The van der Waals surface area contributed by atoms with Gasteiger partial charge in [-0.3, -0.25) is 0 Å². The summed E-state index contributed by atoms with van der Waals surface area (Å²) in [5, 5.41) is 3.15. The van der Waals surface area contributed by atoms with Gasteiger partial charge in [-0.25, -0.2) is 28.1 Å². The molecule has 0 fully saturated rings. The van der Waals surface area contributed by atoms with Crippen molar-refractivity contribution in [2.45, 2.75) is 0 Å². The van der Waals surface area contributed by atoms with Gasteiger partial charge in [-0.15, -0.1) is 0 Å². The summed E-state index contributed by atoms with van der Waals surface area (Å²) in [6.45, 7) is 0. The maximum atomic E-state index is 13.6. The summed E-state index contributed by atoms with van der Waals surface area (Å²) in [5.41, 5.74) is 0.195. The number of hydrogen-bond acceptors (Lipinski definition) is 4. The van der Waals surface area contributed by atoms with Gasteiger partial charge in [0.25, 0.3) is 0 Å². The molecule has 0 saturated carbocycles. The minimum Gasteiger partial charge on any atom is -0.337 e. The number of benzene rings is 1. The Balaban J connectivity index is 2.08. The van der Waals surface area contributed by atoms with E-state index >= 15 is 0 Å². The van der Waals surface area contributed by atoms with Crippen LogP contribution in [0.2, 0.25) is 0 Å². The molecule has 0 atom stereocenters. The van der Waals surface area contributed by atoms with Crippen LogP contribution >= 0.6 is 0 Å². The zero-order chi connectivity index (χ0) is 14.1. The summed E-state index contributed by atoms with van der Waals surface area (Å²) in [5.74, 6) is -3.83. The van der Waals surface area contributed by atoms with E-state index in [1.165, 1.54) is 6.33 Å². The largest absolute Gasteiger partial charge is 0.337 e. The van der Waals surface area contributed by atoms with Crippen LogP contribution < -0.4 is 5.32 Å². The fraction of sp³-hybridized carbons (Fsp3) is 0. The van der Waals surface area contributed by atoms with Crippen LogP contribution in [0.5, 0.6) is 0 Å². The Bertz CT molecular complexity index is 786. The monoisotopic (exact) mass is 276 g/mol. The van der Waals surface area contributed by atoms with E-state index < -0.39 is 17.5 Å². The minimum atomic E-state index is -1.54. The third kappa shape index (κ3) is 2.03. The van der Waals surface area contributed by atoms with Gasteiger partial charge < -0.3 is 5.32 Å². The molecule has 4 nitrogen and oxygen atoms in total. The lowest BCUT2D eigenvalue weighted by Crippen LogP contribution is -2.01. The van der Waals surface area contributed by atoms with Gasteiger partial charge in [0.1, 0.15) is 12.1 Å². The number of halogens is 3. The summed E-state index contributed by atoms with van der Waals surface area (Å²) in [7, 11) is 0. The van der Waals surface area contributed by atoms with Gasteiger partial charge >= 0.3 is 0 Å². The van der Waals surface area contributed by atoms with Crippen LogP contribution in [0.1, 0.15) is 0 Å². The molecular weight excluding hydrogens is 269 g/mol. The summed E-state index contributed by atoms with van der Waals surface area (Å²) >= 11 is 0. The van der Waals surface area contributed by atoms with E-state index in [4.69, 9.17) is 0 Å². The number of nitrogens with one attached hydrogen (secondary N) is 1. The zero-order valence-corrected chi connectivity index (χ0v) is 9.94. The highest BCUT2D eigenvalue weighted by Gasteiger charge is 2.14. The van der Waals surface area contributed by atoms with Gasteiger partial charge in [-0.05, 0) is 24.3 Å². The summed E-state index contributed by atoms with van der Waals surface area (Å²) in [4.78, 5) is 11.9. The second-order valence-corrected chi connectivity index (χ2v) is 3.94. The molecule has 1 aromatic carbocycles. The van der Waals surface area contributed by atoms with E-state index in [9.17, 15) is 13.2 Å². The van der Waals surface area contributed by atoms with E-state index in [0.29, 0.717) is 11.0 Å². The fourth-order valence-corrected chi connectivity index (χ4v) is 1.75. The number of fused-ring (bicyclic) bond motifs is 1. The summed E-state index contributed by atoms with van der Waals surface area (Å²) < 4.78 is 39.7. The highest BCUT2D eigenvalue weighted by molar-refractivity contribution is 5.87. The zero-order valence-electron chi connectivity index (χ0n) is 9.94. The van der Waals surface area contributed by atoms with E-state index in [1.54, 1.807) is 18.3 Å². The predicted octanol–water partition coefficient (Wildman–Crippen LogP) is 3.19. The second kappa shape index (κ2) is 4.76. The minimum absolute atomic E-state index is 0.215. The molecule has 2 aromatic heterocycles. The van der Waals surface area contributed by atoms with Crippen LogP contribution in [0.15, 0.2) is 36.8 Å². The topological polar surface area (TPSA) is 50.7 Å². The molecule has 0 spiro atoms. The molecule has 3 aromatic rings. The van der Waals surface area contributed by atoms with E-state index in [0.717, 1.165) is 12.1 Å². The van der Waals surface area contributed by atoms with Crippen molar-refractivity contribution in [2.75, 3.05) is 5.32 Å². The molecule has 0 aliphatic rings. The first kappa shape index (κ1) is 12.3. The molecule has 100 valence electrons. The van der Waals surface area contributed by atoms with Crippen molar-refractivity contribution < 1.29 is 13.2 Å². The molecule has 0 aliphatic carbocycles. The molecule has 0 amide bonds. The third-order valence-corrected chi connectivity index (χ3v) is 2.70. The van der Waals surface area contributed by atoms with E-state index in [-0.39, 0.29) is 11.5 Å².